The fourth-order valence-corrected chi connectivity index (χ4v) is 2.77. The molecule has 4 nitrogen and oxygen atoms in total. The predicted molar refractivity (Wildman–Crippen MR) is 111 cm³/mol. The van der Waals surface area contributed by atoms with Gasteiger partial charge in [0.1, 0.15) is 23.5 Å². The van der Waals surface area contributed by atoms with E-state index in [4.69, 9.17) is 13.6 Å². The van der Waals surface area contributed by atoms with Crippen LogP contribution in [0.2, 0.25) is 0 Å². The Bertz CT molecular complexity index is 1060. The van der Waals surface area contributed by atoms with E-state index < -0.39 is 0 Å². The van der Waals surface area contributed by atoms with Crippen LogP contribution in [-0.2, 0) is 0 Å². The smallest absolute Gasteiger partial charge is 0.181 e. The van der Waals surface area contributed by atoms with Crippen molar-refractivity contribution in [2.45, 2.75) is 0 Å². The summed E-state index contributed by atoms with van der Waals surface area (Å²) in [5.41, 5.74) is 3.89. The van der Waals surface area contributed by atoms with E-state index in [-0.39, 0.29) is 0 Å². The van der Waals surface area contributed by atoms with Crippen molar-refractivity contribution in [2.24, 2.45) is 0 Å². The summed E-state index contributed by atoms with van der Waals surface area (Å²) in [6.45, 7) is 0.705. The van der Waals surface area contributed by atoms with Crippen molar-refractivity contribution < 1.29 is 13.6 Å². The van der Waals surface area contributed by atoms with Crippen molar-refractivity contribution in [1.29, 1.82) is 0 Å². The number of furan rings is 1. The Morgan fingerprint density at radius 3 is 2.36 bits per heavy atom. The molecule has 3 aromatic carbocycles. The molecule has 0 aliphatic carbocycles. The molecule has 0 fully saturated rings. The van der Waals surface area contributed by atoms with Gasteiger partial charge in [0.2, 0.25) is 0 Å². The molecule has 138 valence electrons. The van der Waals surface area contributed by atoms with Gasteiger partial charge in [-0.25, -0.2) is 4.98 Å². The summed E-state index contributed by atoms with van der Waals surface area (Å²) in [5, 5.41) is 1.16. The highest BCUT2D eigenvalue weighted by Gasteiger charge is 2.01. The minimum atomic E-state index is 0.705. The van der Waals surface area contributed by atoms with Gasteiger partial charge in [0.25, 0.3) is 0 Å². The first kappa shape index (κ1) is 17.6. The molecule has 0 saturated carbocycles. The summed E-state index contributed by atoms with van der Waals surface area (Å²) in [5.74, 6) is 0.991. The summed E-state index contributed by atoms with van der Waals surface area (Å²) >= 11 is 0. The molecule has 6 rings (SSSR count). The Morgan fingerprint density at radius 2 is 1.50 bits per heavy atom. The Labute approximate surface area is 162 Å². The van der Waals surface area contributed by atoms with Crippen molar-refractivity contribution in [1.82, 2.24) is 4.98 Å². The van der Waals surface area contributed by atoms with Crippen LogP contribution in [0.5, 0.6) is 5.75 Å². The highest BCUT2D eigenvalue weighted by molar-refractivity contribution is 5.76. The van der Waals surface area contributed by atoms with Gasteiger partial charge in [0.15, 0.2) is 12.0 Å². The lowest BCUT2D eigenvalue weighted by atomic mass is 10.1. The first-order valence-electron chi connectivity index (χ1n) is 8.99. The van der Waals surface area contributed by atoms with Crippen LogP contribution in [0.25, 0.3) is 28.1 Å². The van der Waals surface area contributed by atoms with Crippen molar-refractivity contribution in [2.75, 3.05) is 6.61 Å². The molecule has 1 aliphatic heterocycles. The third kappa shape index (κ3) is 4.30. The molecule has 0 radical (unpaired) electrons. The second-order valence-corrected chi connectivity index (χ2v) is 6.03. The van der Waals surface area contributed by atoms with Gasteiger partial charge in [-0.05, 0) is 36.4 Å². The largest absolute Gasteiger partial charge is 0.489 e. The average molecular weight is 369 g/mol. The van der Waals surface area contributed by atoms with Gasteiger partial charge in [-0.1, -0.05) is 54.6 Å². The molecule has 2 aromatic heterocycles. The van der Waals surface area contributed by atoms with Crippen molar-refractivity contribution >= 4 is 28.1 Å². The minimum Gasteiger partial charge on any atom is -0.489 e. The monoisotopic (exact) mass is 369 g/mol. The highest BCUT2D eigenvalue weighted by atomic mass is 16.5. The number of oxazole rings is 1. The number of rotatable bonds is 0. The molecule has 0 atom stereocenters. The number of benzene rings is 3. The number of aromatic nitrogens is 1. The molecule has 4 heteroatoms. The van der Waals surface area contributed by atoms with E-state index in [1.807, 2.05) is 84.9 Å². The second kappa shape index (κ2) is 8.73. The standard InChI is InChI=1S/C9H8O.C8H6O.C7H5NO/c1-2-6-9-8(4-1)5-3-7-10-9;1-2-4-8-7(3-1)5-6-9-8;1-2-4-7-6(3-1)8-5-9-7/h1-6H,7H2;1-6H;1-5H. The zero-order valence-corrected chi connectivity index (χ0v) is 15.2. The van der Waals surface area contributed by atoms with Gasteiger partial charge in [-0.3, -0.25) is 0 Å². The maximum Gasteiger partial charge on any atom is 0.181 e. The Morgan fingerprint density at radius 1 is 0.714 bits per heavy atom. The number of para-hydroxylation sites is 4. The van der Waals surface area contributed by atoms with E-state index in [1.165, 1.54) is 12.0 Å². The lowest BCUT2D eigenvalue weighted by Gasteiger charge is -2.10. The molecular formula is C24H19NO3. The van der Waals surface area contributed by atoms with Crippen LogP contribution in [0.4, 0.5) is 0 Å². The van der Waals surface area contributed by atoms with Crippen LogP contribution in [-0.4, -0.2) is 11.6 Å². The minimum absolute atomic E-state index is 0.705. The predicted octanol–water partition coefficient (Wildman–Crippen LogP) is 6.35. The van der Waals surface area contributed by atoms with Gasteiger partial charge >= 0.3 is 0 Å². The lowest BCUT2D eigenvalue weighted by Crippen LogP contribution is -1.98. The molecule has 0 N–H and O–H groups in total. The normalized spacial score (nSPS) is 11.6. The van der Waals surface area contributed by atoms with Crippen LogP contribution in [0.3, 0.4) is 0 Å². The number of nitrogens with zero attached hydrogens (tertiary/aromatic N) is 1. The first-order valence-corrected chi connectivity index (χ1v) is 8.99. The third-order valence-electron chi connectivity index (χ3n) is 4.15. The van der Waals surface area contributed by atoms with Crippen LogP contribution >= 0.6 is 0 Å². The fraction of sp³-hybridized carbons (Fsp3) is 0.0417. The van der Waals surface area contributed by atoms with Gasteiger partial charge in [0.05, 0.1) is 6.26 Å². The third-order valence-corrected chi connectivity index (χ3v) is 4.15. The molecule has 0 saturated heterocycles. The lowest BCUT2D eigenvalue weighted by molar-refractivity contribution is 0.358. The van der Waals surface area contributed by atoms with Gasteiger partial charge in [0, 0.05) is 10.9 Å². The molecule has 0 bridgehead atoms. The van der Waals surface area contributed by atoms with Gasteiger partial charge < -0.3 is 13.6 Å². The maximum absolute atomic E-state index is 5.34. The Hall–Kier alpha value is -3.79. The maximum atomic E-state index is 5.34. The molecule has 3 heterocycles. The zero-order valence-electron chi connectivity index (χ0n) is 15.2. The van der Waals surface area contributed by atoms with Crippen LogP contribution < -0.4 is 4.74 Å². The number of hydrogen-bond donors (Lipinski definition) is 0. The summed E-state index contributed by atoms with van der Waals surface area (Å²) in [6.07, 6.45) is 7.25. The summed E-state index contributed by atoms with van der Waals surface area (Å²) < 4.78 is 15.5. The van der Waals surface area contributed by atoms with E-state index >= 15 is 0 Å². The van der Waals surface area contributed by atoms with Crippen LogP contribution in [0.1, 0.15) is 5.56 Å². The summed E-state index contributed by atoms with van der Waals surface area (Å²) in [4.78, 5) is 3.95. The summed E-state index contributed by atoms with van der Waals surface area (Å²) in [7, 11) is 0. The second-order valence-electron chi connectivity index (χ2n) is 6.03. The van der Waals surface area contributed by atoms with E-state index in [1.54, 1.807) is 6.26 Å². The van der Waals surface area contributed by atoms with Crippen LogP contribution in [0.15, 0.2) is 106 Å². The molecule has 0 unspecified atom stereocenters. The van der Waals surface area contributed by atoms with Crippen molar-refractivity contribution in [3.63, 3.8) is 0 Å². The number of hydrogen-bond acceptors (Lipinski definition) is 4. The van der Waals surface area contributed by atoms with E-state index in [2.05, 4.69) is 11.1 Å². The quantitative estimate of drug-likeness (QED) is 0.319. The van der Waals surface area contributed by atoms with Crippen LogP contribution in [0, 0.1) is 0 Å². The topological polar surface area (TPSA) is 48.4 Å². The van der Waals surface area contributed by atoms with Gasteiger partial charge in [-0.2, -0.15) is 0 Å². The Balaban J connectivity index is 0.000000103. The van der Waals surface area contributed by atoms with E-state index in [0.29, 0.717) is 6.61 Å². The average Bonchev–Trinajstić information content (AvgIpc) is 3.44. The van der Waals surface area contributed by atoms with E-state index in [9.17, 15) is 0 Å². The molecular weight excluding hydrogens is 350 g/mol. The molecule has 5 aromatic rings. The molecule has 1 aliphatic rings. The van der Waals surface area contributed by atoms with E-state index in [0.717, 1.165) is 27.8 Å². The SMILES string of the molecule is C1=Cc2ccccc2OC1.c1ccc2occc2c1.c1ccc2ocnc2c1. The number of fused-ring (bicyclic) bond motifs is 3. The number of ether oxygens (including phenoxy) is 1. The Kier molecular flexibility index (Phi) is 5.49. The zero-order chi connectivity index (χ0) is 19.0. The molecule has 0 spiro atoms. The highest BCUT2D eigenvalue weighted by Crippen LogP contribution is 2.21. The summed E-state index contributed by atoms with van der Waals surface area (Å²) in [6, 6.07) is 25.6. The van der Waals surface area contributed by atoms with Crippen molar-refractivity contribution in [3.05, 3.63) is 103 Å². The first-order chi connectivity index (χ1) is 13.9. The molecule has 28 heavy (non-hydrogen) atoms. The fourth-order valence-electron chi connectivity index (χ4n) is 2.77. The van der Waals surface area contributed by atoms with Crippen molar-refractivity contribution in [3.8, 4) is 5.75 Å². The molecule has 0 amide bonds. The van der Waals surface area contributed by atoms with Gasteiger partial charge in [-0.15, -0.1) is 0 Å².